The first-order chi connectivity index (χ1) is 29.4. The third-order valence-electron chi connectivity index (χ3n) is 11.3. The van der Waals surface area contributed by atoms with E-state index in [1.807, 2.05) is 0 Å². The molecular formula is C47H87NO12S. The molecule has 0 aromatic rings. The van der Waals surface area contributed by atoms with Gasteiger partial charge in [-0.1, -0.05) is 172 Å². The molecule has 8 unspecified atom stereocenters. The highest BCUT2D eigenvalue weighted by Gasteiger charge is 2.48. The molecule has 1 saturated heterocycles. The van der Waals surface area contributed by atoms with E-state index in [9.17, 15) is 43.3 Å². The van der Waals surface area contributed by atoms with Gasteiger partial charge in [0.15, 0.2) is 6.29 Å². The Bertz CT molecular complexity index is 1250. The number of amides is 1. The van der Waals surface area contributed by atoms with Crippen LogP contribution in [0.5, 0.6) is 0 Å². The van der Waals surface area contributed by atoms with Crippen LogP contribution in [0.1, 0.15) is 194 Å². The van der Waals surface area contributed by atoms with Crippen molar-refractivity contribution >= 4 is 16.3 Å². The summed E-state index contributed by atoms with van der Waals surface area (Å²) in [7, 11) is -5.12. The number of rotatable bonds is 40. The van der Waals surface area contributed by atoms with E-state index in [1.54, 1.807) is 6.08 Å². The molecule has 13 nitrogen and oxygen atoms in total. The van der Waals surface area contributed by atoms with Crippen molar-refractivity contribution < 1.29 is 57.0 Å². The molecule has 0 aromatic carbocycles. The topological polar surface area (TPSA) is 212 Å². The zero-order chi connectivity index (χ0) is 45.0. The minimum Gasteiger partial charge on any atom is -0.394 e. The van der Waals surface area contributed by atoms with Gasteiger partial charge < -0.3 is 40.3 Å². The molecule has 0 saturated carbocycles. The Balaban J connectivity index is 2.58. The van der Waals surface area contributed by atoms with Gasteiger partial charge in [0.1, 0.15) is 30.5 Å². The number of nitrogens with one attached hydrogen (secondary N) is 1. The standard InChI is InChI=1S/C47H87NO12S/c1-3-5-7-9-11-13-15-17-19-20-21-22-24-26-28-30-32-34-36-41(51)46(54)48-39(38-58-47-44(53)45(60-61(55,56)57)43(52)42(37-49)59-47)40(50)35-33-31-29-27-25-23-18-16-14-12-10-8-6-4-2/h20-21,25,27,33,35,39-45,47,49-53H,3-19,22-24,26,28-32,34,36-38H2,1-2H3,(H,48,54)(H,55,56,57)/b21-20-,27-25+,35-33+. The number of hydrogen-bond acceptors (Lipinski definition) is 11. The van der Waals surface area contributed by atoms with Gasteiger partial charge in [-0.2, -0.15) is 8.42 Å². The summed E-state index contributed by atoms with van der Waals surface area (Å²) >= 11 is 0. The zero-order valence-corrected chi connectivity index (χ0v) is 38.7. The van der Waals surface area contributed by atoms with Gasteiger partial charge in [-0.3, -0.25) is 9.35 Å². The summed E-state index contributed by atoms with van der Waals surface area (Å²) in [6.45, 7) is 3.19. The molecule has 1 heterocycles. The van der Waals surface area contributed by atoms with E-state index in [0.717, 1.165) is 64.2 Å². The lowest BCUT2D eigenvalue weighted by atomic mass is 9.99. The molecular weight excluding hydrogens is 803 g/mol. The van der Waals surface area contributed by atoms with Gasteiger partial charge in [-0.05, 0) is 57.8 Å². The van der Waals surface area contributed by atoms with Gasteiger partial charge in [-0.25, -0.2) is 4.18 Å². The van der Waals surface area contributed by atoms with Crippen molar-refractivity contribution in [2.24, 2.45) is 0 Å². The number of aliphatic hydroxyl groups excluding tert-OH is 5. The van der Waals surface area contributed by atoms with Gasteiger partial charge in [0.2, 0.25) is 5.91 Å². The van der Waals surface area contributed by atoms with Crippen LogP contribution in [0.2, 0.25) is 0 Å². The first-order valence-corrected chi connectivity index (χ1v) is 25.3. The molecule has 358 valence electrons. The maximum atomic E-state index is 13.1. The van der Waals surface area contributed by atoms with Crippen LogP contribution in [0.25, 0.3) is 0 Å². The fourth-order valence-electron chi connectivity index (χ4n) is 7.41. The summed E-state index contributed by atoms with van der Waals surface area (Å²) in [6.07, 6.45) is 32.3. The van der Waals surface area contributed by atoms with Gasteiger partial charge in [0, 0.05) is 0 Å². The molecule has 0 aromatic heterocycles. The molecule has 1 rings (SSSR count). The quantitative estimate of drug-likeness (QED) is 0.0175. The smallest absolute Gasteiger partial charge is 0.394 e. The van der Waals surface area contributed by atoms with Gasteiger partial charge in [0.05, 0.1) is 25.4 Å². The molecule has 1 aliphatic heterocycles. The highest BCUT2D eigenvalue weighted by Crippen LogP contribution is 2.26. The minimum atomic E-state index is -5.12. The minimum absolute atomic E-state index is 0.229. The lowest BCUT2D eigenvalue weighted by Gasteiger charge is -2.41. The maximum Gasteiger partial charge on any atom is 0.397 e. The predicted molar refractivity (Wildman–Crippen MR) is 242 cm³/mol. The van der Waals surface area contributed by atoms with Crippen LogP contribution >= 0.6 is 0 Å². The van der Waals surface area contributed by atoms with Crippen LogP contribution in [0.3, 0.4) is 0 Å². The molecule has 1 amide bonds. The van der Waals surface area contributed by atoms with Crippen LogP contribution in [0.4, 0.5) is 0 Å². The first-order valence-electron chi connectivity index (χ1n) is 24.0. The normalized spacial score (nSPS) is 21.5. The fraction of sp³-hybridized carbons (Fsp3) is 0.851. The number of ether oxygens (including phenoxy) is 2. The number of aliphatic hydroxyl groups is 5. The summed E-state index contributed by atoms with van der Waals surface area (Å²) in [5.41, 5.74) is 0. The van der Waals surface area contributed by atoms with E-state index in [0.29, 0.717) is 12.8 Å². The number of hydrogen-bond donors (Lipinski definition) is 7. The van der Waals surface area contributed by atoms with Crippen LogP contribution in [-0.2, 0) is 28.9 Å². The molecule has 61 heavy (non-hydrogen) atoms. The van der Waals surface area contributed by atoms with Gasteiger partial charge in [-0.15, -0.1) is 0 Å². The average molecular weight is 890 g/mol. The second-order valence-electron chi connectivity index (χ2n) is 16.8. The monoisotopic (exact) mass is 890 g/mol. The molecule has 1 fully saturated rings. The van der Waals surface area contributed by atoms with Crippen molar-refractivity contribution in [3.05, 3.63) is 36.5 Å². The van der Waals surface area contributed by atoms with Crippen molar-refractivity contribution in [3.8, 4) is 0 Å². The zero-order valence-electron chi connectivity index (χ0n) is 37.8. The molecule has 7 N–H and O–H groups in total. The Labute approximate surface area is 369 Å². The fourth-order valence-corrected chi connectivity index (χ4v) is 7.92. The number of allylic oxidation sites excluding steroid dienone is 5. The highest BCUT2D eigenvalue weighted by molar-refractivity contribution is 7.80. The van der Waals surface area contributed by atoms with E-state index in [-0.39, 0.29) is 6.42 Å². The van der Waals surface area contributed by atoms with E-state index in [1.165, 1.54) is 102 Å². The lowest BCUT2D eigenvalue weighted by molar-refractivity contribution is -0.298. The van der Waals surface area contributed by atoms with E-state index >= 15 is 0 Å². The summed E-state index contributed by atoms with van der Waals surface area (Å²) in [4.78, 5) is 13.1. The predicted octanol–water partition coefficient (Wildman–Crippen LogP) is 8.47. The maximum absolute atomic E-state index is 13.1. The Morgan fingerprint density at radius 3 is 1.57 bits per heavy atom. The third-order valence-corrected chi connectivity index (χ3v) is 11.7. The summed E-state index contributed by atoms with van der Waals surface area (Å²) in [6, 6.07) is -1.14. The lowest BCUT2D eigenvalue weighted by Crippen LogP contribution is -2.61. The van der Waals surface area contributed by atoms with E-state index < -0.39 is 78.5 Å². The van der Waals surface area contributed by atoms with Crippen molar-refractivity contribution in [3.63, 3.8) is 0 Å². The molecule has 1 aliphatic rings. The molecule has 0 spiro atoms. The number of carbonyl (C=O) groups excluding carboxylic acids is 1. The number of unbranched alkanes of at least 4 members (excludes halogenated alkanes) is 23. The largest absolute Gasteiger partial charge is 0.397 e. The van der Waals surface area contributed by atoms with Gasteiger partial charge in [0.25, 0.3) is 0 Å². The number of carbonyl (C=O) groups is 1. The summed E-state index contributed by atoms with van der Waals surface area (Å²) < 4.78 is 47.5. The Morgan fingerprint density at radius 2 is 1.10 bits per heavy atom. The molecule has 0 bridgehead atoms. The van der Waals surface area contributed by atoms with Crippen LogP contribution < -0.4 is 5.32 Å². The Kier molecular flexibility index (Phi) is 35.4. The van der Waals surface area contributed by atoms with Crippen molar-refractivity contribution in [2.45, 2.75) is 243 Å². The van der Waals surface area contributed by atoms with Crippen molar-refractivity contribution in [1.29, 1.82) is 0 Å². The Hall–Kier alpha value is -1.72. The second kappa shape index (κ2) is 37.6. The van der Waals surface area contributed by atoms with Crippen molar-refractivity contribution in [2.75, 3.05) is 13.2 Å². The molecule has 14 heteroatoms. The average Bonchev–Trinajstić information content (AvgIpc) is 3.23. The second-order valence-corrected chi connectivity index (χ2v) is 17.9. The van der Waals surface area contributed by atoms with Crippen LogP contribution in [0.15, 0.2) is 36.5 Å². The summed E-state index contributed by atoms with van der Waals surface area (Å²) in [5, 5.41) is 55.2. The first kappa shape index (κ1) is 57.3. The van der Waals surface area contributed by atoms with Crippen LogP contribution in [-0.4, -0.2) is 107 Å². The van der Waals surface area contributed by atoms with E-state index in [4.69, 9.17) is 9.47 Å². The van der Waals surface area contributed by atoms with E-state index in [2.05, 4.69) is 47.7 Å². The van der Waals surface area contributed by atoms with Gasteiger partial charge >= 0.3 is 10.4 Å². The van der Waals surface area contributed by atoms with Crippen molar-refractivity contribution in [1.82, 2.24) is 5.32 Å². The van der Waals surface area contributed by atoms with Crippen LogP contribution in [0, 0.1) is 0 Å². The molecule has 0 radical (unpaired) electrons. The highest BCUT2D eigenvalue weighted by atomic mass is 32.3. The Morgan fingerprint density at radius 1 is 0.656 bits per heavy atom. The third kappa shape index (κ3) is 30.1. The summed E-state index contributed by atoms with van der Waals surface area (Å²) in [5.74, 6) is -0.718. The SMILES string of the molecule is CCCCCCCCCC/C=C\CCCCCCCCC(O)C(=O)NC(COC1OC(CO)C(O)C(OS(=O)(=O)O)C1O)C(O)/C=C/CC/C=C/CCCCCCCCCC. The molecule has 8 atom stereocenters. The molecule has 0 aliphatic carbocycles.